The van der Waals surface area contributed by atoms with Crippen molar-refractivity contribution in [1.82, 2.24) is 0 Å². The Labute approximate surface area is 123 Å². The van der Waals surface area contributed by atoms with Gasteiger partial charge >= 0.3 is 0 Å². The minimum atomic E-state index is -0.171. The van der Waals surface area contributed by atoms with E-state index in [0.29, 0.717) is 0 Å². The van der Waals surface area contributed by atoms with Gasteiger partial charge in [-0.05, 0) is 49.2 Å². The van der Waals surface area contributed by atoms with Gasteiger partial charge in [-0.25, -0.2) is 6.57 Å². The van der Waals surface area contributed by atoms with Gasteiger partial charge in [-0.3, -0.25) is 4.85 Å². The molecule has 0 bridgehead atoms. The fourth-order valence-corrected chi connectivity index (χ4v) is 3.06. The SMILES string of the molecule is [C-]#[N+]C(Sc1ccc(C)cc1)c1cccc(SC)c1. The largest absolute Gasteiger partial charge is 0.298 e. The van der Waals surface area contributed by atoms with Crippen molar-refractivity contribution in [1.29, 1.82) is 0 Å². The van der Waals surface area contributed by atoms with E-state index in [1.165, 1.54) is 10.5 Å². The smallest absolute Gasteiger partial charge is 0.296 e. The molecule has 0 N–H and O–H groups in total. The van der Waals surface area contributed by atoms with Crippen LogP contribution in [0.2, 0.25) is 0 Å². The molecule has 0 fully saturated rings. The number of hydrogen-bond acceptors (Lipinski definition) is 2. The summed E-state index contributed by atoms with van der Waals surface area (Å²) in [6.45, 7) is 9.49. The lowest BCUT2D eigenvalue weighted by Crippen LogP contribution is -1.88. The van der Waals surface area contributed by atoms with Crippen molar-refractivity contribution in [3.05, 3.63) is 71.1 Å². The Morgan fingerprint density at radius 3 is 2.42 bits per heavy atom. The average molecular weight is 285 g/mol. The lowest BCUT2D eigenvalue weighted by atomic mass is 10.2. The second-order valence-corrected chi connectivity index (χ2v) is 6.22. The molecule has 0 aromatic heterocycles. The van der Waals surface area contributed by atoms with Crippen LogP contribution in [0.1, 0.15) is 16.5 Å². The normalized spacial score (nSPS) is 11.8. The van der Waals surface area contributed by atoms with Gasteiger partial charge in [-0.2, -0.15) is 0 Å². The van der Waals surface area contributed by atoms with Crippen molar-refractivity contribution >= 4 is 23.5 Å². The van der Waals surface area contributed by atoms with Crippen LogP contribution in [-0.2, 0) is 0 Å². The van der Waals surface area contributed by atoms with Gasteiger partial charge in [0, 0.05) is 15.4 Å². The van der Waals surface area contributed by atoms with E-state index in [4.69, 9.17) is 6.57 Å². The summed E-state index contributed by atoms with van der Waals surface area (Å²) in [5.41, 5.74) is 2.32. The fourth-order valence-electron chi connectivity index (χ4n) is 1.71. The maximum absolute atomic E-state index is 7.41. The molecule has 0 aliphatic carbocycles. The zero-order valence-corrected chi connectivity index (χ0v) is 12.6. The number of hydrogen-bond donors (Lipinski definition) is 0. The minimum Gasteiger partial charge on any atom is -0.296 e. The molecule has 1 unspecified atom stereocenters. The topological polar surface area (TPSA) is 4.36 Å². The van der Waals surface area contributed by atoms with E-state index in [0.717, 1.165) is 10.5 Å². The summed E-state index contributed by atoms with van der Waals surface area (Å²) in [5.74, 6) is 0. The molecule has 0 aliphatic heterocycles. The molecule has 96 valence electrons. The molecule has 0 radical (unpaired) electrons. The van der Waals surface area contributed by atoms with E-state index in [2.05, 4.69) is 54.4 Å². The molecule has 1 atom stereocenters. The van der Waals surface area contributed by atoms with E-state index in [1.807, 2.05) is 12.1 Å². The van der Waals surface area contributed by atoms with Crippen LogP contribution in [0.25, 0.3) is 4.85 Å². The highest BCUT2D eigenvalue weighted by Crippen LogP contribution is 2.37. The van der Waals surface area contributed by atoms with Crippen molar-refractivity contribution in [2.24, 2.45) is 0 Å². The van der Waals surface area contributed by atoms with Crippen LogP contribution in [0.5, 0.6) is 0 Å². The molecule has 2 rings (SSSR count). The van der Waals surface area contributed by atoms with Gasteiger partial charge in [0.2, 0.25) is 0 Å². The highest BCUT2D eigenvalue weighted by Gasteiger charge is 2.17. The third-order valence-corrected chi connectivity index (χ3v) is 4.64. The molecule has 0 aliphatic rings. The van der Waals surface area contributed by atoms with Crippen LogP contribution in [-0.4, -0.2) is 6.26 Å². The van der Waals surface area contributed by atoms with Crippen LogP contribution < -0.4 is 0 Å². The van der Waals surface area contributed by atoms with E-state index in [9.17, 15) is 0 Å². The predicted molar refractivity (Wildman–Crippen MR) is 84.6 cm³/mol. The summed E-state index contributed by atoms with van der Waals surface area (Å²) in [6, 6.07) is 16.6. The van der Waals surface area contributed by atoms with Crippen molar-refractivity contribution in [2.75, 3.05) is 6.26 Å². The summed E-state index contributed by atoms with van der Waals surface area (Å²) in [4.78, 5) is 6.10. The molecule has 2 aromatic rings. The van der Waals surface area contributed by atoms with Gasteiger partial charge < -0.3 is 0 Å². The molecule has 0 saturated heterocycles. The Hall–Kier alpha value is -1.37. The van der Waals surface area contributed by atoms with E-state index >= 15 is 0 Å². The molecule has 0 spiro atoms. The van der Waals surface area contributed by atoms with Crippen LogP contribution in [0.3, 0.4) is 0 Å². The summed E-state index contributed by atoms with van der Waals surface area (Å²) in [6.07, 6.45) is 2.05. The molecule has 3 heteroatoms. The number of nitrogens with zero attached hydrogens (tertiary/aromatic N) is 1. The second kappa shape index (κ2) is 6.70. The van der Waals surface area contributed by atoms with Crippen molar-refractivity contribution in [3.63, 3.8) is 0 Å². The monoisotopic (exact) mass is 285 g/mol. The third-order valence-electron chi connectivity index (χ3n) is 2.76. The zero-order valence-electron chi connectivity index (χ0n) is 11.0. The van der Waals surface area contributed by atoms with Gasteiger partial charge in [-0.15, -0.1) is 11.8 Å². The van der Waals surface area contributed by atoms with Gasteiger partial charge in [0.1, 0.15) is 0 Å². The first kappa shape index (κ1) is 14.0. The van der Waals surface area contributed by atoms with Crippen LogP contribution >= 0.6 is 23.5 Å². The lowest BCUT2D eigenvalue weighted by molar-refractivity contribution is 1.19. The highest BCUT2D eigenvalue weighted by atomic mass is 32.2. The Kier molecular flexibility index (Phi) is 4.95. The number of aryl methyl sites for hydroxylation is 1. The van der Waals surface area contributed by atoms with Crippen molar-refractivity contribution < 1.29 is 0 Å². The Bertz CT molecular complexity index is 584. The van der Waals surface area contributed by atoms with Gasteiger partial charge in [0.25, 0.3) is 5.37 Å². The highest BCUT2D eigenvalue weighted by molar-refractivity contribution is 7.99. The molecule has 0 amide bonds. The maximum Gasteiger partial charge on any atom is 0.298 e. The molecular weight excluding hydrogens is 270 g/mol. The fraction of sp³-hybridized carbons (Fsp3) is 0.188. The summed E-state index contributed by atoms with van der Waals surface area (Å²) in [7, 11) is 0. The third kappa shape index (κ3) is 3.79. The first-order valence-corrected chi connectivity index (χ1v) is 8.07. The number of benzene rings is 2. The first-order valence-electron chi connectivity index (χ1n) is 5.97. The summed E-state index contributed by atoms with van der Waals surface area (Å²) in [5, 5.41) is -0.171. The summed E-state index contributed by atoms with van der Waals surface area (Å²) >= 11 is 3.31. The van der Waals surface area contributed by atoms with Crippen LogP contribution in [0.4, 0.5) is 0 Å². The van der Waals surface area contributed by atoms with Crippen molar-refractivity contribution in [3.8, 4) is 0 Å². The van der Waals surface area contributed by atoms with E-state index in [1.54, 1.807) is 23.5 Å². The molecule has 2 aromatic carbocycles. The van der Waals surface area contributed by atoms with Gasteiger partial charge in [-0.1, -0.05) is 29.8 Å². The Morgan fingerprint density at radius 1 is 1.05 bits per heavy atom. The molecular formula is C16H15NS2. The van der Waals surface area contributed by atoms with Gasteiger partial charge in [0.05, 0.1) is 0 Å². The lowest BCUT2D eigenvalue weighted by Gasteiger charge is -2.07. The number of rotatable bonds is 4. The van der Waals surface area contributed by atoms with Crippen molar-refractivity contribution in [2.45, 2.75) is 22.1 Å². The second-order valence-electron chi connectivity index (χ2n) is 4.19. The molecule has 0 saturated carbocycles. The standard InChI is InChI=1S/C16H15NS2/c1-12-7-9-14(10-8-12)19-16(17-2)13-5-4-6-15(11-13)18-3/h4-11,16H,1,3H3. The molecule has 19 heavy (non-hydrogen) atoms. The maximum atomic E-state index is 7.41. The summed E-state index contributed by atoms with van der Waals surface area (Å²) < 4.78 is 0. The molecule has 1 nitrogen and oxygen atoms in total. The number of thioether (sulfide) groups is 2. The van der Waals surface area contributed by atoms with E-state index in [-0.39, 0.29) is 5.37 Å². The zero-order chi connectivity index (χ0) is 13.7. The first-order chi connectivity index (χ1) is 9.22. The Morgan fingerprint density at radius 2 is 1.79 bits per heavy atom. The predicted octanol–water partition coefficient (Wildman–Crippen LogP) is 5.43. The average Bonchev–Trinajstić information content (AvgIpc) is 2.46. The van der Waals surface area contributed by atoms with Crippen LogP contribution in [0.15, 0.2) is 58.3 Å². The van der Waals surface area contributed by atoms with Crippen LogP contribution in [0, 0.1) is 13.5 Å². The quantitative estimate of drug-likeness (QED) is 0.545. The minimum absolute atomic E-state index is 0.171. The van der Waals surface area contributed by atoms with E-state index < -0.39 is 0 Å². The molecule has 0 heterocycles. The Balaban J connectivity index is 2.20. The van der Waals surface area contributed by atoms with Gasteiger partial charge in [0.15, 0.2) is 0 Å².